The Morgan fingerprint density at radius 1 is 1.26 bits per heavy atom. The number of hydrogen-bond acceptors (Lipinski definition) is 9. The summed E-state index contributed by atoms with van der Waals surface area (Å²) in [5, 5.41) is 18.2. The topological polar surface area (TPSA) is 148 Å². The maximum atomic E-state index is 12.1. The van der Waals surface area contributed by atoms with E-state index < -0.39 is 16.5 Å². The maximum Gasteiger partial charge on any atom is 0.355 e. The molecule has 1 amide bonds. The molecule has 0 aliphatic rings. The van der Waals surface area contributed by atoms with Crippen LogP contribution in [0.1, 0.15) is 16.1 Å². The van der Waals surface area contributed by atoms with Gasteiger partial charge in [-0.3, -0.25) is 25.8 Å². The van der Waals surface area contributed by atoms with E-state index in [0.29, 0.717) is 10.8 Å². The molecule has 0 radical (unpaired) electrons. The van der Waals surface area contributed by atoms with Crippen molar-refractivity contribution >= 4 is 40.6 Å². The van der Waals surface area contributed by atoms with Crippen molar-refractivity contribution in [3.05, 3.63) is 63.1 Å². The summed E-state index contributed by atoms with van der Waals surface area (Å²) >= 11 is 5.84. The molecule has 0 aliphatic heterocycles. The minimum absolute atomic E-state index is 0.122. The van der Waals surface area contributed by atoms with Crippen LogP contribution in [0.5, 0.6) is 0 Å². The summed E-state index contributed by atoms with van der Waals surface area (Å²) in [7, 11) is 0. The Balaban J connectivity index is 1.81. The molecule has 12 heteroatoms. The number of aryl methyl sites for hydroxylation is 1. The molecule has 0 spiro atoms. The molecule has 0 fully saturated rings. The van der Waals surface area contributed by atoms with Crippen molar-refractivity contribution in [2.24, 2.45) is 0 Å². The van der Waals surface area contributed by atoms with Gasteiger partial charge in [0, 0.05) is 16.7 Å². The number of aromatic nitrogens is 3. The molecule has 3 N–H and O–H groups in total. The molecule has 138 valence electrons. The number of rotatable bonds is 6. The number of carbonyl (C=O) groups is 1. The van der Waals surface area contributed by atoms with Crippen LogP contribution >= 0.6 is 11.6 Å². The molecule has 0 saturated carbocycles. The number of nitro groups is 1. The molecule has 11 nitrogen and oxygen atoms in total. The molecular weight excluding hydrogens is 378 g/mol. The Kier molecular flexibility index (Phi) is 5.13. The second-order valence-corrected chi connectivity index (χ2v) is 5.65. The first-order valence-corrected chi connectivity index (χ1v) is 7.83. The number of hydrogen-bond donors (Lipinski definition) is 3. The van der Waals surface area contributed by atoms with Crippen molar-refractivity contribution in [3.63, 3.8) is 0 Å². The van der Waals surface area contributed by atoms with Gasteiger partial charge in [-0.05, 0) is 25.1 Å². The quantitative estimate of drug-likeness (QED) is 0.427. The van der Waals surface area contributed by atoms with Crippen LogP contribution in [0, 0.1) is 17.0 Å². The zero-order chi connectivity index (χ0) is 19.4. The highest BCUT2D eigenvalue weighted by molar-refractivity contribution is 6.30. The van der Waals surface area contributed by atoms with Crippen LogP contribution < -0.4 is 16.2 Å². The predicted octanol–water partition coefficient (Wildman–Crippen LogP) is 2.84. The highest BCUT2D eigenvalue weighted by Crippen LogP contribution is 2.30. The summed E-state index contributed by atoms with van der Waals surface area (Å²) in [4.78, 5) is 30.6. The van der Waals surface area contributed by atoms with Crippen molar-refractivity contribution in [3.8, 4) is 0 Å². The number of benzene rings is 1. The summed E-state index contributed by atoms with van der Waals surface area (Å²) in [6, 6.07) is 7.75. The van der Waals surface area contributed by atoms with Crippen LogP contribution in [0.25, 0.3) is 0 Å². The van der Waals surface area contributed by atoms with E-state index in [4.69, 9.17) is 16.1 Å². The van der Waals surface area contributed by atoms with Crippen LogP contribution in [0.15, 0.2) is 41.2 Å². The molecular formula is C15H12ClN7O4. The van der Waals surface area contributed by atoms with Gasteiger partial charge in [0.15, 0.2) is 5.82 Å². The van der Waals surface area contributed by atoms with Gasteiger partial charge in [0.05, 0.1) is 4.92 Å². The third-order valence-corrected chi connectivity index (χ3v) is 3.50. The van der Waals surface area contributed by atoms with Crippen LogP contribution in [-0.4, -0.2) is 26.0 Å². The number of halogens is 1. The lowest BCUT2D eigenvalue weighted by Crippen LogP contribution is -2.30. The molecule has 2 aromatic heterocycles. The molecule has 1 aromatic carbocycles. The molecule has 0 saturated heterocycles. The molecule has 27 heavy (non-hydrogen) atoms. The highest BCUT2D eigenvalue weighted by atomic mass is 35.5. The molecule has 2 heterocycles. The Morgan fingerprint density at radius 2 is 2.04 bits per heavy atom. The third-order valence-electron chi connectivity index (χ3n) is 3.26. The van der Waals surface area contributed by atoms with E-state index in [0.717, 1.165) is 6.33 Å². The van der Waals surface area contributed by atoms with Crippen molar-refractivity contribution < 1.29 is 14.2 Å². The first-order valence-electron chi connectivity index (χ1n) is 7.45. The number of hydrazine groups is 1. The van der Waals surface area contributed by atoms with Gasteiger partial charge in [-0.25, -0.2) is 9.97 Å². The van der Waals surface area contributed by atoms with Gasteiger partial charge in [-0.15, -0.1) is 0 Å². The predicted molar refractivity (Wildman–Crippen MR) is 95.8 cm³/mol. The Labute approximate surface area is 156 Å². The molecule has 0 unspecified atom stereocenters. The van der Waals surface area contributed by atoms with Crippen LogP contribution in [0.2, 0.25) is 5.02 Å². The van der Waals surface area contributed by atoms with E-state index >= 15 is 0 Å². The summed E-state index contributed by atoms with van der Waals surface area (Å²) in [5.41, 5.74) is 4.54. The first kappa shape index (κ1) is 18.1. The van der Waals surface area contributed by atoms with Crippen molar-refractivity contribution in [1.29, 1.82) is 0 Å². The fraction of sp³-hybridized carbons (Fsp3) is 0.0667. The average molecular weight is 390 g/mol. The van der Waals surface area contributed by atoms with Crippen LogP contribution in [0.4, 0.5) is 23.1 Å². The van der Waals surface area contributed by atoms with Crippen molar-refractivity contribution in [2.75, 3.05) is 10.7 Å². The Bertz CT molecular complexity index is 1010. The lowest BCUT2D eigenvalue weighted by molar-refractivity contribution is -0.383. The fourth-order valence-corrected chi connectivity index (χ4v) is 2.29. The summed E-state index contributed by atoms with van der Waals surface area (Å²) < 4.78 is 4.90. The minimum atomic E-state index is -0.691. The molecule has 3 rings (SSSR count). The Hall–Kier alpha value is -3.73. The number of carbonyl (C=O) groups excluding carboxylic acids is 1. The normalized spacial score (nSPS) is 10.3. The van der Waals surface area contributed by atoms with E-state index in [1.54, 1.807) is 25.1 Å². The number of nitrogens with one attached hydrogen (secondary N) is 3. The SMILES string of the molecule is Cc1cc(Nc2ncnc(NNC(=O)c3cccc(Cl)c3)c2[N+](=O)[O-])no1. The van der Waals surface area contributed by atoms with Gasteiger partial charge in [-0.1, -0.05) is 22.8 Å². The monoisotopic (exact) mass is 389 g/mol. The number of anilines is 3. The zero-order valence-electron chi connectivity index (χ0n) is 13.8. The van der Waals surface area contributed by atoms with E-state index in [2.05, 4.69) is 31.3 Å². The number of nitrogens with zero attached hydrogens (tertiary/aromatic N) is 4. The summed E-state index contributed by atoms with van der Waals surface area (Å²) in [5.74, 6) is -0.132. The number of amides is 1. The van der Waals surface area contributed by atoms with Gasteiger partial charge >= 0.3 is 5.69 Å². The molecule has 0 bridgehead atoms. The average Bonchev–Trinajstić information content (AvgIpc) is 3.04. The third kappa shape index (κ3) is 4.27. The van der Waals surface area contributed by atoms with Crippen molar-refractivity contribution in [1.82, 2.24) is 20.6 Å². The van der Waals surface area contributed by atoms with E-state index in [-0.39, 0.29) is 23.0 Å². The first-order chi connectivity index (χ1) is 12.9. The van der Waals surface area contributed by atoms with E-state index in [1.165, 1.54) is 12.1 Å². The standard InChI is InChI=1S/C15H12ClN7O4/c1-8-5-11(22-27-8)19-13-12(23(25)26)14(18-7-17-13)20-21-15(24)9-3-2-4-10(16)6-9/h2-7H,1H3,(H,21,24)(H2,17,18,19,20,22). The van der Waals surface area contributed by atoms with Gasteiger partial charge in [0.25, 0.3) is 5.91 Å². The maximum absolute atomic E-state index is 12.1. The van der Waals surface area contributed by atoms with Crippen LogP contribution in [0.3, 0.4) is 0 Å². The van der Waals surface area contributed by atoms with E-state index in [9.17, 15) is 14.9 Å². The van der Waals surface area contributed by atoms with E-state index in [1.807, 2.05) is 0 Å². The second-order valence-electron chi connectivity index (χ2n) is 5.21. The lowest BCUT2D eigenvalue weighted by Gasteiger charge is -2.10. The van der Waals surface area contributed by atoms with Crippen LogP contribution in [-0.2, 0) is 0 Å². The summed E-state index contributed by atoms with van der Waals surface area (Å²) in [6.07, 6.45) is 1.09. The second kappa shape index (κ2) is 7.66. The minimum Gasteiger partial charge on any atom is -0.360 e. The largest absolute Gasteiger partial charge is 0.360 e. The van der Waals surface area contributed by atoms with Gasteiger partial charge in [0.2, 0.25) is 11.6 Å². The molecule has 0 aliphatic carbocycles. The lowest BCUT2D eigenvalue weighted by atomic mass is 10.2. The zero-order valence-corrected chi connectivity index (χ0v) is 14.5. The smallest absolute Gasteiger partial charge is 0.355 e. The molecule has 3 aromatic rings. The van der Waals surface area contributed by atoms with Gasteiger partial charge in [-0.2, -0.15) is 0 Å². The van der Waals surface area contributed by atoms with Crippen molar-refractivity contribution in [2.45, 2.75) is 6.92 Å². The Morgan fingerprint density at radius 3 is 2.70 bits per heavy atom. The van der Waals surface area contributed by atoms with Gasteiger partial charge in [0.1, 0.15) is 12.1 Å². The summed E-state index contributed by atoms with van der Waals surface area (Å²) in [6.45, 7) is 1.67. The molecule has 0 atom stereocenters. The fourth-order valence-electron chi connectivity index (χ4n) is 2.10. The van der Waals surface area contributed by atoms with Gasteiger partial charge < -0.3 is 9.84 Å². The highest BCUT2D eigenvalue weighted by Gasteiger charge is 2.24.